The Bertz CT molecular complexity index is 417. The van der Waals surface area contributed by atoms with Gasteiger partial charge >= 0.3 is 0 Å². The topological polar surface area (TPSA) is 31.4 Å². The maximum Gasteiger partial charge on any atom is 0.133 e. The zero-order valence-corrected chi connectivity index (χ0v) is 13.3. The molecule has 1 aromatic heterocycles. The molecular formula is C16H28N4. The fourth-order valence-corrected chi connectivity index (χ4v) is 2.70. The first-order valence-electron chi connectivity index (χ1n) is 7.64. The Labute approximate surface area is 123 Å². The zero-order valence-electron chi connectivity index (χ0n) is 13.3. The van der Waals surface area contributed by atoms with Gasteiger partial charge in [0.2, 0.25) is 0 Å². The first-order valence-corrected chi connectivity index (χ1v) is 7.64. The van der Waals surface area contributed by atoms with E-state index in [1.54, 1.807) is 0 Å². The molecule has 4 nitrogen and oxygen atoms in total. The van der Waals surface area contributed by atoms with Gasteiger partial charge in [-0.3, -0.25) is 0 Å². The maximum atomic E-state index is 4.62. The Morgan fingerprint density at radius 2 is 2.25 bits per heavy atom. The standard InChI is InChI=1S/C16H28N4/c1-13(2)10-17-11-14-6-5-8-18-16(14)20-9-7-15(12-20)19(3)4/h5-6,8,13,15,17H,7,9-12H2,1-4H3. The summed E-state index contributed by atoms with van der Waals surface area (Å²) in [5.74, 6) is 1.84. The molecule has 1 saturated heterocycles. The van der Waals surface area contributed by atoms with Gasteiger partial charge < -0.3 is 15.1 Å². The largest absolute Gasteiger partial charge is 0.355 e. The summed E-state index contributed by atoms with van der Waals surface area (Å²) in [5.41, 5.74) is 1.31. The van der Waals surface area contributed by atoms with Gasteiger partial charge in [-0.05, 0) is 39.0 Å². The molecule has 2 heterocycles. The highest BCUT2D eigenvalue weighted by molar-refractivity contribution is 5.47. The second-order valence-electron chi connectivity index (χ2n) is 6.36. The number of hydrogen-bond donors (Lipinski definition) is 1. The van der Waals surface area contributed by atoms with Crippen LogP contribution in [0.4, 0.5) is 5.82 Å². The molecule has 0 spiro atoms. The molecule has 1 aliphatic heterocycles. The van der Waals surface area contributed by atoms with Crippen molar-refractivity contribution in [2.24, 2.45) is 5.92 Å². The van der Waals surface area contributed by atoms with E-state index in [1.165, 1.54) is 12.0 Å². The fraction of sp³-hybridized carbons (Fsp3) is 0.688. The van der Waals surface area contributed by atoms with Crippen LogP contribution < -0.4 is 10.2 Å². The van der Waals surface area contributed by atoms with Crippen molar-refractivity contribution in [1.82, 2.24) is 15.2 Å². The number of hydrogen-bond acceptors (Lipinski definition) is 4. The number of nitrogens with zero attached hydrogens (tertiary/aromatic N) is 3. The molecule has 0 amide bonds. The van der Waals surface area contributed by atoms with E-state index in [9.17, 15) is 0 Å². The number of anilines is 1. The van der Waals surface area contributed by atoms with Gasteiger partial charge in [0.05, 0.1) is 0 Å². The summed E-state index contributed by atoms with van der Waals surface area (Å²) in [6.45, 7) is 8.62. The molecule has 1 N–H and O–H groups in total. The lowest BCUT2D eigenvalue weighted by atomic mass is 10.2. The third kappa shape index (κ3) is 3.93. The van der Waals surface area contributed by atoms with Gasteiger partial charge in [0.15, 0.2) is 0 Å². The van der Waals surface area contributed by atoms with Crippen molar-refractivity contribution >= 4 is 5.82 Å². The Kier molecular flexibility index (Phi) is 5.38. The average molecular weight is 276 g/mol. The Morgan fingerprint density at radius 3 is 2.90 bits per heavy atom. The lowest BCUT2D eigenvalue weighted by molar-refractivity contribution is 0.315. The molecule has 1 fully saturated rings. The summed E-state index contributed by atoms with van der Waals surface area (Å²) in [5, 5.41) is 3.52. The summed E-state index contributed by atoms with van der Waals surface area (Å²) < 4.78 is 0. The Balaban J connectivity index is 2.01. The Morgan fingerprint density at radius 1 is 1.45 bits per heavy atom. The predicted octanol–water partition coefficient (Wildman–Crippen LogP) is 1.97. The Hall–Kier alpha value is -1.13. The normalized spacial score (nSPS) is 19.3. The predicted molar refractivity (Wildman–Crippen MR) is 85.1 cm³/mol. The molecule has 1 atom stereocenters. The molecule has 0 bridgehead atoms. The summed E-state index contributed by atoms with van der Waals surface area (Å²) in [6, 6.07) is 4.88. The van der Waals surface area contributed by atoms with E-state index in [0.29, 0.717) is 12.0 Å². The molecule has 0 aromatic carbocycles. The molecule has 1 aliphatic rings. The monoisotopic (exact) mass is 276 g/mol. The lowest BCUT2D eigenvalue weighted by Gasteiger charge is -2.23. The SMILES string of the molecule is CC(C)CNCc1cccnc1N1CCC(N(C)C)C1. The van der Waals surface area contributed by atoms with Crippen LogP contribution in [0, 0.1) is 5.92 Å². The lowest BCUT2D eigenvalue weighted by Crippen LogP contribution is -2.32. The molecule has 0 radical (unpaired) electrons. The molecule has 0 aliphatic carbocycles. The van der Waals surface area contributed by atoms with E-state index in [2.05, 4.69) is 54.1 Å². The highest BCUT2D eigenvalue weighted by Gasteiger charge is 2.26. The average Bonchev–Trinajstić information content (AvgIpc) is 2.88. The number of pyridine rings is 1. The highest BCUT2D eigenvalue weighted by Crippen LogP contribution is 2.23. The number of likely N-dealkylation sites (N-methyl/N-ethyl adjacent to an activating group) is 1. The number of rotatable bonds is 6. The van der Waals surface area contributed by atoms with Crippen LogP contribution in [0.15, 0.2) is 18.3 Å². The van der Waals surface area contributed by atoms with Crippen molar-refractivity contribution in [3.8, 4) is 0 Å². The molecule has 1 aromatic rings. The summed E-state index contributed by atoms with van der Waals surface area (Å²) in [4.78, 5) is 9.37. The first kappa shape index (κ1) is 15.3. The van der Waals surface area contributed by atoms with Crippen LogP contribution in [0.2, 0.25) is 0 Å². The van der Waals surface area contributed by atoms with Crippen molar-refractivity contribution < 1.29 is 0 Å². The molecule has 112 valence electrons. The van der Waals surface area contributed by atoms with Crippen LogP contribution in [0.1, 0.15) is 25.8 Å². The molecule has 20 heavy (non-hydrogen) atoms. The molecule has 4 heteroatoms. The van der Waals surface area contributed by atoms with Crippen molar-refractivity contribution in [3.05, 3.63) is 23.9 Å². The van der Waals surface area contributed by atoms with Crippen LogP contribution >= 0.6 is 0 Å². The van der Waals surface area contributed by atoms with E-state index in [4.69, 9.17) is 0 Å². The van der Waals surface area contributed by atoms with E-state index in [0.717, 1.165) is 32.0 Å². The minimum Gasteiger partial charge on any atom is -0.355 e. The van der Waals surface area contributed by atoms with Crippen LogP contribution in [0.5, 0.6) is 0 Å². The molecule has 1 unspecified atom stereocenters. The van der Waals surface area contributed by atoms with Gasteiger partial charge in [-0.15, -0.1) is 0 Å². The first-order chi connectivity index (χ1) is 9.58. The number of aromatic nitrogens is 1. The van der Waals surface area contributed by atoms with Gasteiger partial charge in [0, 0.05) is 37.4 Å². The van der Waals surface area contributed by atoms with Crippen molar-refractivity contribution in [2.45, 2.75) is 32.9 Å². The quantitative estimate of drug-likeness (QED) is 0.861. The van der Waals surface area contributed by atoms with Gasteiger partial charge in [-0.1, -0.05) is 19.9 Å². The van der Waals surface area contributed by atoms with Crippen LogP contribution in [0.25, 0.3) is 0 Å². The van der Waals surface area contributed by atoms with Gasteiger partial charge in [0.25, 0.3) is 0 Å². The smallest absolute Gasteiger partial charge is 0.133 e. The third-order valence-corrected chi connectivity index (χ3v) is 3.93. The highest BCUT2D eigenvalue weighted by atomic mass is 15.3. The van der Waals surface area contributed by atoms with Crippen LogP contribution in [0.3, 0.4) is 0 Å². The number of nitrogens with one attached hydrogen (secondary N) is 1. The molecule has 2 rings (SSSR count). The van der Waals surface area contributed by atoms with E-state index >= 15 is 0 Å². The van der Waals surface area contributed by atoms with E-state index in [-0.39, 0.29) is 0 Å². The van der Waals surface area contributed by atoms with Crippen molar-refractivity contribution in [2.75, 3.05) is 38.6 Å². The van der Waals surface area contributed by atoms with Crippen molar-refractivity contribution in [3.63, 3.8) is 0 Å². The fourth-order valence-electron chi connectivity index (χ4n) is 2.70. The van der Waals surface area contributed by atoms with Gasteiger partial charge in [-0.2, -0.15) is 0 Å². The summed E-state index contributed by atoms with van der Waals surface area (Å²) >= 11 is 0. The minimum absolute atomic E-state index is 0.647. The molecular weight excluding hydrogens is 248 g/mol. The minimum atomic E-state index is 0.647. The summed E-state index contributed by atoms with van der Waals surface area (Å²) in [6.07, 6.45) is 3.13. The van der Waals surface area contributed by atoms with Crippen LogP contribution in [-0.2, 0) is 6.54 Å². The second-order valence-corrected chi connectivity index (χ2v) is 6.36. The maximum absolute atomic E-state index is 4.62. The van der Waals surface area contributed by atoms with Crippen LogP contribution in [-0.4, -0.2) is 49.7 Å². The van der Waals surface area contributed by atoms with Gasteiger partial charge in [0.1, 0.15) is 5.82 Å². The van der Waals surface area contributed by atoms with E-state index in [1.807, 2.05) is 12.3 Å². The van der Waals surface area contributed by atoms with E-state index < -0.39 is 0 Å². The summed E-state index contributed by atoms with van der Waals surface area (Å²) in [7, 11) is 4.33. The third-order valence-electron chi connectivity index (χ3n) is 3.93. The second kappa shape index (κ2) is 7.04. The molecule has 0 saturated carbocycles. The zero-order chi connectivity index (χ0) is 14.5. The van der Waals surface area contributed by atoms with Gasteiger partial charge in [-0.25, -0.2) is 4.98 Å². The van der Waals surface area contributed by atoms with Crippen molar-refractivity contribution in [1.29, 1.82) is 0 Å².